The van der Waals surface area contributed by atoms with E-state index in [1.807, 2.05) is 6.92 Å². The number of sulfonamides is 1. The maximum absolute atomic E-state index is 12.3. The lowest BCUT2D eigenvalue weighted by Gasteiger charge is -2.14. The van der Waals surface area contributed by atoms with Crippen molar-refractivity contribution in [2.45, 2.75) is 37.6 Å². The Labute approximate surface area is 165 Å². The lowest BCUT2D eigenvalue weighted by molar-refractivity contribution is -0.117. The molecular weight excluding hydrogens is 380 g/mol. The van der Waals surface area contributed by atoms with E-state index < -0.39 is 27.9 Å². The van der Waals surface area contributed by atoms with Crippen molar-refractivity contribution in [1.29, 1.82) is 0 Å². The first-order valence-corrected chi connectivity index (χ1v) is 10.5. The zero-order valence-corrected chi connectivity index (χ0v) is 16.7. The van der Waals surface area contributed by atoms with Crippen molar-refractivity contribution >= 4 is 27.6 Å². The summed E-state index contributed by atoms with van der Waals surface area (Å²) >= 11 is 0. The molecule has 1 atom stereocenters. The largest absolute Gasteiger partial charge is 0.462 e. The lowest BCUT2D eigenvalue weighted by atomic mass is 10.2. The number of unbranched alkanes of at least 4 members (excludes halogenated alkanes) is 1. The van der Waals surface area contributed by atoms with E-state index >= 15 is 0 Å². The molecule has 0 aromatic heterocycles. The molecule has 150 valence electrons. The molecule has 28 heavy (non-hydrogen) atoms. The van der Waals surface area contributed by atoms with E-state index in [4.69, 9.17) is 4.74 Å². The van der Waals surface area contributed by atoms with Gasteiger partial charge in [0.1, 0.15) is 0 Å². The van der Waals surface area contributed by atoms with Crippen molar-refractivity contribution in [2.24, 2.45) is 0 Å². The SMILES string of the molecule is CCCCOC(=O)c1ccc(NC(=O)[C@H](C)NS(=O)(=O)c2ccccc2)cc1. The summed E-state index contributed by atoms with van der Waals surface area (Å²) in [5.41, 5.74) is 0.827. The molecule has 2 aromatic carbocycles. The molecule has 0 aliphatic rings. The average molecular weight is 404 g/mol. The van der Waals surface area contributed by atoms with Crippen LogP contribution in [0.5, 0.6) is 0 Å². The maximum atomic E-state index is 12.3. The summed E-state index contributed by atoms with van der Waals surface area (Å²) in [6.07, 6.45) is 1.74. The molecule has 1 amide bonds. The normalized spacial score (nSPS) is 12.2. The minimum absolute atomic E-state index is 0.0839. The fraction of sp³-hybridized carbons (Fsp3) is 0.300. The Hall–Kier alpha value is -2.71. The number of ether oxygens (including phenoxy) is 1. The number of anilines is 1. The third-order valence-electron chi connectivity index (χ3n) is 3.90. The van der Waals surface area contributed by atoms with E-state index in [0.29, 0.717) is 17.9 Å². The van der Waals surface area contributed by atoms with E-state index in [2.05, 4.69) is 10.0 Å². The molecule has 0 saturated carbocycles. The van der Waals surface area contributed by atoms with Crippen LogP contribution in [0.3, 0.4) is 0 Å². The summed E-state index contributed by atoms with van der Waals surface area (Å²) in [4.78, 5) is 24.2. The molecular formula is C20H24N2O5S. The molecule has 0 radical (unpaired) electrons. The number of carbonyl (C=O) groups excluding carboxylic acids is 2. The van der Waals surface area contributed by atoms with Crippen LogP contribution in [0.1, 0.15) is 37.0 Å². The quantitative estimate of drug-likeness (QED) is 0.494. The molecule has 2 rings (SSSR count). The predicted octanol–water partition coefficient (Wildman–Crippen LogP) is 2.95. The second-order valence-corrected chi connectivity index (χ2v) is 7.93. The van der Waals surface area contributed by atoms with Crippen LogP contribution in [0, 0.1) is 0 Å². The van der Waals surface area contributed by atoms with Crippen molar-refractivity contribution in [2.75, 3.05) is 11.9 Å². The number of carbonyl (C=O) groups is 2. The fourth-order valence-corrected chi connectivity index (χ4v) is 3.51. The van der Waals surface area contributed by atoms with Gasteiger partial charge in [0.15, 0.2) is 0 Å². The standard InChI is InChI=1S/C20H24N2O5S/c1-3-4-14-27-20(24)16-10-12-17(13-11-16)21-19(23)15(2)22-28(25,26)18-8-6-5-7-9-18/h5-13,15,22H,3-4,14H2,1-2H3,(H,21,23)/t15-/m0/s1. The number of hydrogen-bond acceptors (Lipinski definition) is 5. The monoisotopic (exact) mass is 404 g/mol. The van der Waals surface area contributed by atoms with Gasteiger partial charge in [-0.15, -0.1) is 0 Å². The Morgan fingerprint density at radius 3 is 2.29 bits per heavy atom. The zero-order chi connectivity index (χ0) is 20.6. The van der Waals surface area contributed by atoms with Crippen molar-refractivity contribution in [3.63, 3.8) is 0 Å². The molecule has 0 bridgehead atoms. The smallest absolute Gasteiger partial charge is 0.338 e. The summed E-state index contributed by atoms with van der Waals surface area (Å²) < 4.78 is 32.0. The Balaban J connectivity index is 1.94. The van der Waals surface area contributed by atoms with Gasteiger partial charge in [-0.25, -0.2) is 13.2 Å². The minimum atomic E-state index is -3.80. The second-order valence-electron chi connectivity index (χ2n) is 6.21. The number of hydrogen-bond donors (Lipinski definition) is 2. The van der Waals surface area contributed by atoms with E-state index in [9.17, 15) is 18.0 Å². The number of benzene rings is 2. The molecule has 0 spiro atoms. The number of amides is 1. The van der Waals surface area contributed by atoms with Crippen LogP contribution >= 0.6 is 0 Å². The summed E-state index contributed by atoms with van der Waals surface area (Å²) in [7, 11) is -3.80. The summed E-state index contributed by atoms with van der Waals surface area (Å²) in [5, 5.41) is 2.62. The highest BCUT2D eigenvalue weighted by Gasteiger charge is 2.22. The van der Waals surface area contributed by atoms with Gasteiger partial charge in [0.05, 0.1) is 23.1 Å². The van der Waals surface area contributed by atoms with Crippen LogP contribution in [0.2, 0.25) is 0 Å². The molecule has 0 aliphatic heterocycles. The van der Waals surface area contributed by atoms with Gasteiger partial charge in [-0.05, 0) is 49.7 Å². The van der Waals surface area contributed by atoms with Crippen LogP contribution in [-0.2, 0) is 19.6 Å². The van der Waals surface area contributed by atoms with Gasteiger partial charge in [0, 0.05) is 5.69 Å². The fourth-order valence-electron chi connectivity index (χ4n) is 2.29. The molecule has 0 aliphatic carbocycles. The molecule has 0 saturated heterocycles. The number of esters is 1. The Morgan fingerprint density at radius 2 is 1.68 bits per heavy atom. The van der Waals surface area contributed by atoms with E-state index in [1.54, 1.807) is 42.5 Å². The first kappa shape index (κ1) is 21.6. The maximum Gasteiger partial charge on any atom is 0.338 e. The highest BCUT2D eigenvalue weighted by atomic mass is 32.2. The van der Waals surface area contributed by atoms with Gasteiger partial charge in [0.2, 0.25) is 15.9 Å². The van der Waals surface area contributed by atoms with E-state index in [0.717, 1.165) is 12.8 Å². The zero-order valence-electron chi connectivity index (χ0n) is 15.8. The van der Waals surface area contributed by atoms with Gasteiger partial charge in [0.25, 0.3) is 0 Å². The van der Waals surface area contributed by atoms with E-state index in [1.165, 1.54) is 19.1 Å². The van der Waals surface area contributed by atoms with Gasteiger partial charge >= 0.3 is 5.97 Å². The minimum Gasteiger partial charge on any atom is -0.462 e. The Morgan fingerprint density at radius 1 is 1.04 bits per heavy atom. The molecule has 8 heteroatoms. The molecule has 0 fully saturated rings. The van der Waals surface area contributed by atoms with Crippen LogP contribution in [0.4, 0.5) is 5.69 Å². The number of rotatable bonds is 9. The first-order valence-electron chi connectivity index (χ1n) is 8.99. The Bertz CT molecular complexity index is 896. The van der Waals surface area contributed by atoms with Gasteiger partial charge in [-0.1, -0.05) is 31.5 Å². The second kappa shape index (κ2) is 10.0. The molecule has 0 heterocycles. The first-order chi connectivity index (χ1) is 13.3. The molecule has 2 N–H and O–H groups in total. The van der Waals surface area contributed by atoms with Crippen molar-refractivity contribution < 1.29 is 22.7 Å². The number of nitrogens with one attached hydrogen (secondary N) is 2. The van der Waals surface area contributed by atoms with Gasteiger partial charge < -0.3 is 10.1 Å². The summed E-state index contributed by atoms with van der Waals surface area (Å²) in [6, 6.07) is 13.0. The van der Waals surface area contributed by atoms with Crippen LogP contribution < -0.4 is 10.0 Å². The van der Waals surface area contributed by atoms with Gasteiger partial charge in [-0.3, -0.25) is 4.79 Å². The highest BCUT2D eigenvalue weighted by Crippen LogP contribution is 2.12. The highest BCUT2D eigenvalue weighted by molar-refractivity contribution is 7.89. The molecule has 2 aromatic rings. The molecule has 0 unspecified atom stereocenters. The predicted molar refractivity (Wildman–Crippen MR) is 106 cm³/mol. The van der Waals surface area contributed by atoms with Gasteiger partial charge in [-0.2, -0.15) is 4.72 Å². The average Bonchev–Trinajstić information content (AvgIpc) is 2.69. The van der Waals surface area contributed by atoms with Crippen molar-refractivity contribution in [1.82, 2.24) is 4.72 Å². The van der Waals surface area contributed by atoms with Crippen LogP contribution in [0.15, 0.2) is 59.5 Å². The summed E-state index contributed by atoms with van der Waals surface area (Å²) in [5.74, 6) is -0.937. The van der Waals surface area contributed by atoms with Crippen LogP contribution in [-0.4, -0.2) is 32.9 Å². The van der Waals surface area contributed by atoms with E-state index in [-0.39, 0.29) is 4.90 Å². The lowest BCUT2D eigenvalue weighted by Crippen LogP contribution is -2.41. The topological polar surface area (TPSA) is 102 Å². The third-order valence-corrected chi connectivity index (χ3v) is 5.45. The van der Waals surface area contributed by atoms with Crippen LogP contribution in [0.25, 0.3) is 0 Å². The molecule has 7 nitrogen and oxygen atoms in total. The summed E-state index contributed by atoms with van der Waals surface area (Å²) in [6.45, 7) is 3.83. The Kier molecular flexibility index (Phi) is 7.71. The third kappa shape index (κ3) is 6.17. The van der Waals surface area contributed by atoms with Crippen molar-refractivity contribution in [3.05, 3.63) is 60.2 Å². The van der Waals surface area contributed by atoms with Crippen molar-refractivity contribution in [3.8, 4) is 0 Å².